The van der Waals surface area contributed by atoms with Crippen molar-refractivity contribution in [1.29, 1.82) is 0 Å². The van der Waals surface area contributed by atoms with Gasteiger partial charge in [-0.2, -0.15) is 14.9 Å². The average molecular weight is 531 g/mol. The zero-order chi connectivity index (χ0) is 27.1. The SMILES string of the molecule is C[C@H]1CCN(c2c(NC(=O)c3ccc(=O)n(-c4c(F)cccc4F)n3)ccc3nn(C45CC(C)(C4)C5)cc23)C1. The maximum atomic E-state index is 14.4. The molecular weight excluding hydrogens is 502 g/mol. The van der Waals surface area contributed by atoms with E-state index in [1.807, 2.05) is 12.1 Å². The van der Waals surface area contributed by atoms with Crippen molar-refractivity contribution in [3.63, 3.8) is 0 Å². The summed E-state index contributed by atoms with van der Waals surface area (Å²) in [5.41, 5.74) is 1.41. The lowest BCUT2D eigenvalue weighted by molar-refractivity contribution is -0.179. The molecule has 8 rings (SSSR count). The van der Waals surface area contributed by atoms with Gasteiger partial charge in [-0.3, -0.25) is 14.3 Å². The Hall–Kier alpha value is -4.08. The third-order valence-corrected chi connectivity index (χ3v) is 8.58. The summed E-state index contributed by atoms with van der Waals surface area (Å²) in [6.07, 6.45) is 6.56. The van der Waals surface area contributed by atoms with E-state index >= 15 is 0 Å². The van der Waals surface area contributed by atoms with Gasteiger partial charge in [-0.25, -0.2) is 8.78 Å². The minimum absolute atomic E-state index is 0.104. The summed E-state index contributed by atoms with van der Waals surface area (Å²) in [6.45, 7) is 6.24. The van der Waals surface area contributed by atoms with Gasteiger partial charge in [-0.1, -0.05) is 19.9 Å². The second-order valence-electron chi connectivity index (χ2n) is 11.9. The predicted molar refractivity (Wildman–Crippen MR) is 143 cm³/mol. The Morgan fingerprint density at radius 2 is 1.77 bits per heavy atom. The van der Waals surface area contributed by atoms with E-state index in [0.29, 0.717) is 21.7 Å². The summed E-state index contributed by atoms with van der Waals surface area (Å²) >= 11 is 0. The molecule has 10 heteroatoms. The number of nitrogens with one attached hydrogen (secondary N) is 1. The number of amides is 1. The first kappa shape index (κ1) is 24.0. The molecule has 1 aliphatic heterocycles. The van der Waals surface area contributed by atoms with Crippen molar-refractivity contribution in [1.82, 2.24) is 19.6 Å². The van der Waals surface area contributed by atoms with Crippen LogP contribution in [0.25, 0.3) is 16.6 Å². The number of para-hydroxylation sites is 1. The lowest BCUT2D eigenvalue weighted by Gasteiger charge is -2.69. The second-order valence-corrected chi connectivity index (χ2v) is 11.9. The number of anilines is 2. The number of halogens is 2. The Morgan fingerprint density at radius 3 is 2.44 bits per heavy atom. The van der Waals surface area contributed by atoms with E-state index in [2.05, 4.69) is 40.0 Å². The fourth-order valence-corrected chi connectivity index (χ4v) is 6.94. The minimum Gasteiger partial charge on any atom is -0.369 e. The van der Waals surface area contributed by atoms with Crippen LogP contribution in [0.2, 0.25) is 0 Å². The summed E-state index contributed by atoms with van der Waals surface area (Å²) in [5.74, 6) is -1.98. The van der Waals surface area contributed by atoms with E-state index in [0.717, 1.165) is 73.6 Å². The zero-order valence-electron chi connectivity index (χ0n) is 21.7. The number of benzene rings is 2. The molecule has 8 nitrogen and oxygen atoms in total. The van der Waals surface area contributed by atoms with Gasteiger partial charge in [0.05, 0.1) is 22.4 Å². The highest BCUT2D eigenvalue weighted by molar-refractivity contribution is 6.08. The summed E-state index contributed by atoms with van der Waals surface area (Å²) in [6, 6.07) is 9.34. The standard InChI is InChI=1S/C29H28F2N6O2/c1-17-10-11-35(12-17)25-18-13-36(29-14-28(2,15-29)16-29)33-21(18)6-7-22(25)32-27(39)23-8-9-24(38)37(34-23)26-19(30)4-3-5-20(26)31/h3-9,13,17H,10-12,14-16H2,1-2H3,(H,32,39)/t17-,28?,29?/m0/s1. The van der Waals surface area contributed by atoms with Gasteiger partial charge in [-0.15, -0.1) is 0 Å². The van der Waals surface area contributed by atoms with Gasteiger partial charge in [0.25, 0.3) is 11.5 Å². The van der Waals surface area contributed by atoms with E-state index in [1.165, 1.54) is 12.1 Å². The lowest BCUT2D eigenvalue weighted by atomic mass is 9.40. The smallest absolute Gasteiger partial charge is 0.276 e. The molecule has 0 radical (unpaired) electrons. The molecule has 2 aromatic carbocycles. The highest BCUT2D eigenvalue weighted by Crippen LogP contribution is 2.71. The van der Waals surface area contributed by atoms with Crippen molar-refractivity contribution in [3.8, 4) is 5.69 Å². The molecular formula is C29H28F2N6O2. The normalized spacial score (nSPS) is 25.4. The number of hydrogen-bond donors (Lipinski definition) is 1. The molecule has 4 aromatic rings. The molecule has 1 saturated heterocycles. The molecule has 4 fully saturated rings. The van der Waals surface area contributed by atoms with Gasteiger partial charge in [0, 0.05) is 30.7 Å². The minimum atomic E-state index is -0.951. The van der Waals surface area contributed by atoms with Crippen LogP contribution >= 0.6 is 0 Å². The average Bonchev–Trinajstić information content (AvgIpc) is 3.48. The first-order valence-corrected chi connectivity index (χ1v) is 13.3. The fourth-order valence-electron chi connectivity index (χ4n) is 6.94. The topological polar surface area (TPSA) is 85.1 Å². The molecule has 2 aromatic heterocycles. The van der Waals surface area contributed by atoms with Gasteiger partial charge in [0.15, 0.2) is 11.6 Å². The van der Waals surface area contributed by atoms with Crippen LogP contribution in [0.4, 0.5) is 20.2 Å². The van der Waals surface area contributed by atoms with Crippen molar-refractivity contribution >= 4 is 28.2 Å². The molecule has 3 saturated carbocycles. The largest absolute Gasteiger partial charge is 0.369 e. The summed E-state index contributed by atoms with van der Waals surface area (Å²) in [5, 5.41) is 12.9. The zero-order valence-corrected chi connectivity index (χ0v) is 21.7. The van der Waals surface area contributed by atoms with Crippen LogP contribution in [-0.4, -0.2) is 38.6 Å². The van der Waals surface area contributed by atoms with Crippen molar-refractivity contribution in [2.75, 3.05) is 23.3 Å². The number of rotatable bonds is 5. The van der Waals surface area contributed by atoms with Crippen LogP contribution in [0.15, 0.2) is 53.5 Å². The Balaban J connectivity index is 1.27. The summed E-state index contributed by atoms with van der Waals surface area (Å²) < 4.78 is 31.5. The molecule has 1 amide bonds. The van der Waals surface area contributed by atoms with Crippen LogP contribution in [0, 0.1) is 23.0 Å². The van der Waals surface area contributed by atoms with Gasteiger partial charge in [0.2, 0.25) is 0 Å². The van der Waals surface area contributed by atoms with Crippen molar-refractivity contribution in [3.05, 3.63) is 76.3 Å². The number of aromatic nitrogens is 4. The van der Waals surface area contributed by atoms with Gasteiger partial charge < -0.3 is 10.2 Å². The van der Waals surface area contributed by atoms with Crippen LogP contribution in [0.5, 0.6) is 0 Å². The maximum absolute atomic E-state index is 14.4. The van der Waals surface area contributed by atoms with Crippen LogP contribution in [0.1, 0.15) is 50.0 Å². The molecule has 1 atom stereocenters. The van der Waals surface area contributed by atoms with Gasteiger partial charge >= 0.3 is 0 Å². The Labute approximate surface area is 223 Å². The number of fused-ring (bicyclic) bond motifs is 1. The van der Waals surface area contributed by atoms with Gasteiger partial charge in [-0.05, 0) is 67.3 Å². The van der Waals surface area contributed by atoms with Gasteiger partial charge in [0.1, 0.15) is 11.4 Å². The van der Waals surface area contributed by atoms with Crippen molar-refractivity contribution < 1.29 is 13.6 Å². The molecule has 0 spiro atoms. The highest BCUT2D eigenvalue weighted by atomic mass is 19.1. The third kappa shape index (κ3) is 3.68. The number of nitrogens with zero attached hydrogens (tertiary/aromatic N) is 5. The lowest BCUT2D eigenvalue weighted by Crippen LogP contribution is -2.66. The van der Waals surface area contributed by atoms with Crippen LogP contribution in [-0.2, 0) is 5.54 Å². The maximum Gasteiger partial charge on any atom is 0.276 e. The quantitative estimate of drug-likeness (QED) is 0.399. The molecule has 3 heterocycles. The Morgan fingerprint density at radius 1 is 1.03 bits per heavy atom. The first-order valence-electron chi connectivity index (χ1n) is 13.3. The number of carbonyl (C=O) groups excluding carboxylic acids is 1. The first-order chi connectivity index (χ1) is 18.6. The Kier molecular flexibility index (Phi) is 5.05. The van der Waals surface area contributed by atoms with Crippen LogP contribution in [0.3, 0.4) is 0 Å². The summed E-state index contributed by atoms with van der Waals surface area (Å²) in [7, 11) is 0. The van der Waals surface area contributed by atoms with E-state index in [1.54, 1.807) is 0 Å². The molecule has 3 aliphatic carbocycles. The van der Waals surface area contributed by atoms with E-state index in [9.17, 15) is 18.4 Å². The van der Waals surface area contributed by atoms with Crippen LogP contribution < -0.4 is 15.8 Å². The monoisotopic (exact) mass is 530 g/mol. The second kappa shape index (κ2) is 8.21. The Bertz CT molecular complexity index is 1690. The number of hydrogen-bond acceptors (Lipinski definition) is 5. The summed E-state index contributed by atoms with van der Waals surface area (Å²) in [4.78, 5) is 28.1. The fraction of sp³-hybridized carbons (Fsp3) is 0.379. The molecule has 1 N–H and O–H groups in total. The van der Waals surface area contributed by atoms with E-state index in [4.69, 9.17) is 5.10 Å². The molecule has 2 bridgehead atoms. The molecule has 39 heavy (non-hydrogen) atoms. The van der Waals surface area contributed by atoms with E-state index < -0.39 is 28.8 Å². The highest BCUT2D eigenvalue weighted by Gasteiger charge is 2.66. The third-order valence-electron chi connectivity index (χ3n) is 8.58. The molecule has 4 aliphatic rings. The molecule has 0 unspecified atom stereocenters. The van der Waals surface area contributed by atoms with Crippen molar-refractivity contribution in [2.45, 2.75) is 45.1 Å². The number of carbonyl (C=O) groups is 1. The molecule has 200 valence electrons. The van der Waals surface area contributed by atoms with E-state index in [-0.39, 0.29) is 11.2 Å². The predicted octanol–water partition coefficient (Wildman–Crippen LogP) is 4.86. The van der Waals surface area contributed by atoms with Crippen molar-refractivity contribution in [2.24, 2.45) is 11.3 Å².